The van der Waals surface area contributed by atoms with Gasteiger partial charge in [0.05, 0.1) is 5.60 Å². The highest BCUT2D eigenvalue weighted by molar-refractivity contribution is 5.79. The molecule has 1 heterocycles. The monoisotopic (exact) mass is 508 g/mol. The number of hydrogen-bond acceptors (Lipinski definition) is 5. The van der Waals surface area contributed by atoms with E-state index in [0.717, 1.165) is 74.8 Å². The lowest BCUT2D eigenvalue weighted by molar-refractivity contribution is -0.142. The van der Waals surface area contributed by atoms with Gasteiger partial charge in [0, 0.05) is 50.2 Å². The fraction of sp³-hybridized carbons (Fsp3) is 0.581. The SMILES string of the molecule is COCCCC[C@@](O)(c1ccccc1Oc1ccccc1C)C1CCCN(C(=O)C2CCCC(N)C2)C1. The van der Waals surface area contributed by atoms with E-state index in [1.54, 1.807) is 7.11 Å². The number of nitrogens with zero attached hydrogens (tertiary/aromatic N) is 1. The van der Waals surface area contributed by atoms with Crippen LogP contribution in [0.3, 0.4) is 0 Å². The van der Waals surface area contributed by atoms with Gasteiger partial charge in [-0.1, -0.05) is 42.8 Å². The van der Waals surface area contributed by atoms with Crippen molar-refractivity contribution in [2.45, 2.75) is 76.4 Å². The van der Waals surface area contributed by atoms with Crippen molar-refractivity contribution in [2.75, 3.05) is 26.8 Å². The van der Waals surface area contributed by atoms with Crippen molar-refractivity contribution in [3.63, 3.8) is 0 Å². The van der Waals surface area contributed by atoms with E-state index < -0.39 is 5.60 Å². The van der Waals surface area contributed by atoms with Gasteiger partial charge in [0.2, 0.25) is 5.91 Å². The molecule has 1 amide bonds. The molecule has 6 nitrogen and oxygen atoms in total. The molecule has 0 bridgehead atoms. The van der Waals surface area contributed by atoms with Gasteiger partial charge in [-0.05, 0) is 76.0 Å². The highest BCUT2D eigenvalue weighted by Gasteiger charge is 2.43. The van der Waals surface area contributed by atoms with Crippen LogP contribution in [0, 0.1) is 18.8 Å². The number of carbonyl (C=O) groups is 1. The number of unbranched alkanes of at least 4 members (excludes halogenated alkanes) is 1. The standard InChI is InChI=1S/C31H44N2O4/c1-23-11-3-5-16-28(23)37-29-17-6-4-15-27(29)31(35,18-7-8-20-36-2)25-13-10-19-33(22-25)30(34)24-12-9-14-26(32)21-24/h3-6,11,15-17,24-26,35H,7-10,12-14,18-22,32H2,1-2H3/t24?,25?,26?,31-/m0/s1. The van der Waals surface area contributed by atoms with Gasteiger partial charge in [-0.15, -0.1) is 0 Å². The van der Waals surface area contributed by atoms with Crippen molar-refractivity contribution in [1.29, 1.82) is 0 Å². The van der Waals surface area contributed by atoms with Crippen LogP contribution in [0.5, 0.6) is 11.5 Å². The topological polar surface area (TPSA) is 85.0 Å². The number of piperidine rings is 1. The second-order valence-corrected chi connectivity index (χ2v) is 11.0. The first kappa shape index (κ1) is 27.6. The predicted octanol–water partition coefficient (Wildman–Crippen LogP) is 5.55. The minimum Gasteiger partial charge on any atom is -0.457 e. The van der Waals surface area contributed by atoms with E-state index in [2.05, 4.69) is 0 Å². The first-order valence-electron chi connectivity index (χ1n) is 14.0. The lowest BCUT2D eigenvalue weighted by atomic mass is 9.73. The zero-order valence-corrected chi connectivity index (χ0v) is 22.5. The number of benzene rings is 2. The summed E-state index contributed by atoms with van der Waals surface area (Å²) < 4.78 is 11.7. The summed E-state index contributed by atoms with van der Waals surface area (Å²) in [6, 6.07) is 15.9. The summed E-state index contributed by atoms with van der Waals surface area (Å²) in [6.45, 7) is 4.00. The number of hydrogen-bond donors (Lipinski definition) is 2. The number of rotatable bonds is 10. The minimum absolute atomic E-state index is 0.00831. The van der Waals surface area contributed by atoms with E-state index >= 15 is 0 Å². The summed E-state index contributed by atoms with van der Waals surface area (Å²) in [5.41, 5.74) is 6.93. The Morgan fingerprint density at radius 2 is 1.81 bits per heavy atom. The molecule has 0 spiro atoms. The Labute approximate surface area is 222 Å². The van der Waals surface area contributed by atoms with Gasteiger partial charge in [0.1, 0.15) is 11.5 Å². The van der Waals surface area contributed by atoms with Gasteiger partial charge in [-0.3, -0.25) is 4.79 Å². The molecule has 4 atom stereocenters. The van der Waals surface area contributed by atoms with Crippen molar-refractivity contribution in [2.24, 2.45) is 17.6 Å². The maximum Gasteiger partial charge on any atom is 0.225 e. The maximum absolute atomic E-state index is 13.5. The molecule has 37 heavy (non-hydrogen) atoms. The summed E-state index contributed by atoms with van der Waals surface area (Å²) in [7, 11) is 1.71. The number of methoxy groups -OCH3 is 1. The van der Waals surface area contributed by atoms with E-state index in [1.165, 1.54) is 0 Å². The molecule has 1 aliphatic heterocycles. The average Bonchev–Trinajstić information content (AvgIpc) is 2.92. The molecule has 0 radical (unpaired) electrons. The van der Waals surface area contributed by atoms with Gasteiger partial charge in [0.15, 0.2) is 0 Å². The fourth-order valence-electron chi connectivity index (χ4n) is 6.18. The number of ether oxygens (including phenoxy) is 2. The van der Waals surface area contributed by atoms with Crippen LogP contribution in [-0.4, -0.2) is 48.8 Å². The number of carbonyl (C=O) groups excluding carboxylic acids is 1. The van der Waals surface area contributed by atoms with Crippen LogP contribution in [0.4, 0.5) is 0 Å². The summed E-state index contributed by atoms with van der Waals surface area (Å²) in [6.07, 6.45) is 7.75. The van der Waals surface area contributed by atoms with Crippen molar-refractivity contribution in [1.82, 2.24) is 4.90 Å². The van der Waals surface area contributed by atoms with Crippen molar-refractivity contribution in [3.8, 4) is 11.5 Å². The maximum atomic E-state index is 13.5. The third-order valence-corrected chi connectivity index (χ3v) is 8.30. The first-order chi connectivity index (χ1) is 17.9. The molecule has 6 heteroatoms. The second kappa shape index (κ2) is 12.9. The first-order valence-corrected chi connectivity index (χ1v) is 14.0. The molecule has 202 valence electrons. The zero-order chi connectivity index (χ0) is 26.3. The highest BCUT2D eigenvalue weighted by Crippen LogP contribution is 2.45. The number of para-hydroxylation sites is 2. The van der Waals surface area contributed by atoms with Gasteiger partial charge in [-0.2, -0.15) is 0 Å². The Balaban J connectivity index is 1.61. The lowest BCUT2D eigenvalue weighted by Crippen LogP contribution is -2.50. The quantitative estimate of drug-likeness (QED) is 0.411. The molecule has 2 fully saturated rings. The molecular weight excluding hydrogens is 464 g/mol. The minimum atomic E-state index is -1.12. The number of likely N-dealkylation sites (tertiary alicyclic amines) is 1. The Bertz CT molecular complexity index is 1030. The molecule has 2 aromatic carbocycles. The molecule has 1 aliphatic carbocycles. The predicted molar refractivity (Wildman–Crippen MR) is 147 cm³/mol. The molecule has 1 saturated carbocycles. The third-order valence-electron chi connectivity index (χ3n) is 8.30. The number of amides is 1. The van der Waals surface area contributed by atoms with Crippen LogP contribution in [0.1, 0.15) is 68.9 Å². The summed E-state index contributed by atoms with van der Waals surface area (Å²) >= 11 is 0. The molecule has 2 aromatic rings. The lowest BCUT2D eigenvalue weighted by Gasteiger charge is -2.44. The smallest absolute Gasteiger partial charge is 0.225 e. The van der Waals surface area contributed by atoms with Gasteiger partial charge in [-0.25, -0.2) is 0 Å². The largest absolute Gasteiger partial charge is 0.457 e. The molecule has 3 unspecified atom stereocenters. The number of aryl methyl sites for hydroxylation is 1. The van der Waals surface area contributed by atoms with Gasteiger partial charge < -0.3 is 25.2 Å². The van der Waals surface area contributed by atoms with Gasteiger partial charge in [0.25, 0.3) is 0 Å². The van der Waals surface area contributed by atoms with Crippen LogP contribution in [0.15, 0.2) is 48.5 Å². The Hall–Kier alpha value is -2.41. The molecule has 3 N–H and O–H groups in total. The van der Waals surface area contributed by atoms with Crippen molar-refractivity contribution in [3.05, 3.63) is 59.7 Å². The molecule has 1 saturated heterocycles. The van der Waals surface area contributed by atoms with E-state index in [-0.39, 0.29) is 23.8 Å². The van der Waals surface area contributed by atoms with Crippen LogP contribution >= 0.6 is 0 Å². The Kier molecular flexibility index (Phi) is 9.63. The van der Waals surface area contributed by atoms with E-state index in [4.69, 9.17) is 15.2 Å². The van der Waals surface area contributed by atoms with E-state index in [1.807, 2.05) is 60.4 Å². The van der Waals surface area contributed by atoms with Crippen LogP contribution in [0.25, 0.3) is 0 Å². The second-order valence-electron chi connectivity index (χ2n) is 11.0. The molecule has 2 aliphatic rings. The van der Waals surface area contributed by atoms with Gasteiger partial charge >= 0.3 is 0 Å². The Morgan fingerprint density at radius 1 is 1.05 bits per heavy atom. The zero-order valence-electron chi connectivity index (χ0n) is 22.5. The molecular formula is C31H44N2O4. The average molecular weight is 509 g/mol. The summed E-state index contributed by atoms with van der Waals surface area (Å²) in [5.74, 6) is 1.60. The number of aliphatic hydroxyl groups is 1. The van der Waals surface area contributed by atoms with Crippen LogP contribution < -0.4 is 10.5 Å². The fourth-order valence-corrected chi connectivity index (χ4v) is 6.18. The summed E-state index contributed by atoms with van der Waals surface area (Å²) in [5, 5.41) is 12.5. The normalized spacial score (nSPS) is 23.9. The highest BCUT2D eigenvalue weighted by atomic mass is 16.5. The van der Waals surface area contributed by atoms with Crippen molar-refractivity contribution >= 4 is 5.91 Å². The number of nitrogens with two attached hydrogens (primary N) is 1. The summed E-state index contributed by atoms with van der Waals surface area (Å²) in [4.78, 5) is 15.5. The molecule has 4 rings (SSSR count). The van der Waals surface area contributed by atoms with Crippen LogP contribution in [-0.2, 0) is 15.1 Å². The molecule has 0 aromatic heterocycles. The van der Waals surface area contributed by atoms with E-state index in [9.17, 15) is 9.90 Å². The van der Waals surface area contributed by atoms with E-state index in [0.29, 0.717) is 25.3 Å². The Morgan fingerprint density at radius 3 is 2.57 bits per heavy atom. The third kappa shape index (κ3) is 6.73. The van der Waals surface area contributed by atoms with Crippen LogP contribution in [0.2, 0.25) is 0 Å². The van der Waals surface area contributed by atoms with Crippen molar-refractivity contribution < 1.29 is 19.4 Å².